The first-order chi connectivity index (χ1) is 17.5. The van der Waals surface area contributed by atoms with Crippen LogP contribution in [-0.2, 0) is 0 Å². The van der Waals surface area contributed by atoms with Crippen molar-refractivity contribution in [3.05, 3.63) is 71.0 Å². The van der Waals surface area contributed by atoms with Crippen LogP contribution in [0.4, 0.5) is 11.4 Å². The van der Waals surface area contributed by atoms with Gasteiger partial charge in [-0.15, -0.1) is 0 Å². The van der Waals surface area contributed by atoms with Gasteiger partial charge >= 0.3 is 0 Å². The van der Waals surface area contributed by atoms with E-state index < -0.39 is 0 Å². The predicted molar refractivity (Wildman–Crippen MR) is 163 cm³/mol. The minimum atomic E-state index is 0.0213. The average Bonchev–Trinajstić information content (AvgIpc) is 2.85. The summed E-state index contributed by atoms with van der Waals surface area (Å²) in [7, 11) is 6.48. The van der Waals surface area contributed by atoms with Crippen LogP contribution in [0.25, 0.3) is 21.8 Å². The molecular weight excluding hydrogens is 521 g/mol. The van der Waals surface area contributed by atoms with Gasteiger partial charge in [0.2, 0.25) is 0 Å². The Morgan fingerprint density at radius 3 is 1.86 bits per heavy atom. The van der Waals surface area contributed by atoms with Gasteiger partial charge in [-0.25, -0.2) is 4.31 Å². The molecule has 4 rings (SSSR count). The minimum absolute atomic E-state index is 0.0213. The second-order valence-electron chi connectivity index (χ2n) is 10.4. The summed E-state index contributed by atoms with van der Waals surface area (Å²) in [5.41, 5.74) is 4.20. The molecule has 4 aromatic rings. The van der Waals surface area contributed by atoms with E-state index in [-0.39, 0.29) is 5.54 Å². The Labute approximate surface area is 234 Å². The lowest BCUT2D eigenvalue weighted by atomic mass is 9.91. The fourth-order valence-corrected chi connectivity index (χ4v) is 6.15. The van der Waals surface area contributed by atoms with Crippen LogP contribution in [0.1, 0.15) is 27.2 Å². The molecule has 5 nitrogen and oxygen atoms in total. The average molecular weight is 557 g/mol. The van der Waals surface area contributed by atoms with Crippen molar-refractivity contribution in [3.8, 4) is 0 Å². The molecule has 0 saturated heterocycles. The van der Waals surface area contributed by atoms with Crippen LogP contribution in [0.2, 0.25) is 10.0 Å². The zero-order valence-electron chi connectivity index (χ0n) is 22.4. The first-order valence-electron chi connectivity index (χ1n) is 12.4. The first kappa shape index (κ1) is 27.8. The first-order valence-corrected chi connectivity index (χ1v) is 14.1. The van der Waals surface area contributed by atoms with E-state index in [1.165, 1.54) is 5.69 Å². The topological polar surface area (TPSA) is 35.5 Å². The van der Waals surface area contributed by atoms with Gasteiger partial charge in [-0.3, -0.25) is 9.97 Å². The summed E-state index contributed by atoms with van der Waals surface area (Å²) in [6.45, 7) is 7.93. The molecule has 0 N–H and O–H groups in total. The molecule has 196 valence electrons. The predicted octanol–water partition coefficient (Wildman–Crippen LogP) is 8.00. The molecule has 0 saturated carbocycles. The van der Waals surface area contributed by atoms with Crippen LogP contribution in [0, 0.1) is 5.92 Å². The number of nitrogens with zero attached hydrogens (tertiary/aromatic N) is 5. The normalized spacial score (nSPS) is 12.9. The van der Waals surface area contributed by atoms with Crippen LogP contribution in [-0.4, -0.2) is 53.4 Å². The fraction of sp³-hybridized carbons (Fsp3) is 0.379. The van der Waals surface area contributed by atoms with E-state index in [1.807, 2.05) is 54.7 Å². The summed E-state index contributed by atoms with van der Waals surface area (Å²) in [5, 5.41) is 3.65. The molecule has 0 radical (unpaired) electrons. The summed E-state index contributed by atoms with van der Waals surface area (Å²) in [4.78, 5) is 13.6. The highest BCUT2D eigenvalue weighted by Gasteiger charge is 2.27. The third-order valence-electron chi connectivity index (χ3n) is 6.92. The second-order valence-corrected chi connectivity index (χ2v) is 12.4. The van der Waals surface area contributed by atoms with Crippen molar-refractivity contribution >= 4 is 68.3 Å². The summed E-state index contributed by atoms with van der Waals surface area (Å²) in [5.74, 6) is 1.33. The highest BCUT2D eigenvalue weighted by atomic mass is 35.5. The monoisotopic (exact) mass is 555 g/mol. The van der Waals surface area contributed by atoms with Gasteiger partial charge in [0.05, 0.1) is 16.9 Å². The summed E-state index contributed by atoms with van der Waals surface area (Å²) < 4.78 is 2.39. The molecule has 37 heavy (non-hydrogen) atoms. The van der Waals surface area contributed by atoms with Crippen LogP contribution < -0.4 is 9.80 Å². The Kier molecular flexibility index (Phi) is 8.74. The summed E-state index contributed by atoms with van der Waals surface area (Å²) in [6.07, 6.45) is 4.78. The van der Waals surface area contributed by atoms with Crippen LogP contribution in [0.3, 0.4) is 0 Å². The van der Waals surface area contributed by atoms with E-state index in [4.69, 9.17) is 23.2 Å². The van der Waals surface area contributed by atoms with Crippen molar-refractivity contribution in [2.75, 3.05) is 43.4 Å². The quantitative estimate of drug-likeness (QED) is 0.145. The largest absolute Gasteiger partial charge is 0.374 e. The number of aromatic nitrogens is 2. The Bertz CT molecular complexity index is 1380. The Morgan fingerprint density at radius 2 is 1.32 bits per heavy atom. The van der Waals surface area contributed by atoms with Gasteiger partial charge in [-0.2, -0.15) is 0 Å². The number of rotatable bonds is 10. The number of benzene rings is 2. The van der Waals surface area contributed by atoms with Crippen LogP contribution in [0.15, 0.2) is 60.9 Å². The maximum Gasteiger partial charge on any atom is 0.0782 e. The van der Waals surface area contributed by atoms with Crippen molar-refractivity contribution in [2.24, 2.45) is 5.92 Å². The summed E-state index contributed by atoms with van der Waals surface area (Å²) >= 11 is 14.2. The van der Waals surface area contributed by atoms with Gasteiger partial charge in [0.25, 0.3) is 0 Å². The molecule has 0 fully saturated rings. The maximum absolute atomic E-state index is 6.18. The molecule has 2 aromatic heterocycles. The van der Waals surface area contributed by atoms with Gasteiger partial charge in [0.15, 0.2) is 0 Å². The smallest absolute Gasteiger partial charge is 0.0782 e. The van der Waals surface area contributed by atoms with Crippen molar-refractivity contribution < 1.29 is 0 Å². The Hall–Kier alpha value is -2.25. The standard InChI is InChI=1S/C29H35Cl2N5S/c1-20(18-34(4)27-11-13-32-25-15-21(30)7-9-23(25)27)17-29(2,3)36(6)37-19-35(5)28-12-14-33-26-16-22(31)8-10-24(26)28/h7-16,20H,17-19H2,1-6H3. The van der Waals surface area contributed by atoms with Crippen molar-refractivity contribution in [2.45, 2.75) is 32.7 Å². The van der Waals surface area contributed by atoms with Gasteiger partial charge in [-0.05, 0) is 81.8 Å². The number of halogens is 2. The Balaban J connectivity index is 1.36. The lowest BCUT2D eigenvalue weighted by Crippen LogP contribution is -2.40. The third-order valence-corrected chi connectivity index (χ3v) is 8.77. The fourth-order valence-electron chi connectivity index (χ4n) is 4.91. The SMILES string of the molecule is CC(CN(C)c1ccnc2cc(Cl)ccc12)CC(C)(C)N(C)SCN(C)c1ccnc2cc(Cl)ccc12. The number of fused-ring (bicyclic) bond motifs is 2. The van der Waals surface area contributed by atoms with Crippen molar-refractivity contribution in [3.63, 3.8) is 0 Å². The van der Waals surface area contributed by atoms with Gasteiger partial charge in [0, 0.05) is 70.8 Å². The molecule has 0 amide bonds. The van der Waals surface area contributed by atoms with Crippen molar-refractivity contribution in [1.82, 2.24) is 14.3 Å². The number of pyridine rings is 2. The second kappa shape index (κ2) is 11.6. The maximum atomic E-state index is 6.18. The molecule has 0 aliphatic rings. The molecule has 0 bridgehead atoms. The zero-order valence-corrected chi connectivity index (χ0v) is 24.7. The molecule has 1 unspecified atom stereocenters. The minimum Gasteiger partial charge on any atom is -0.374 e. The highest BCUT2D eigenvalue weighted by molar-refractivity contribution is 7.97. The summed E-state index contributed by atoms with van der Waals surface area (Å²) in [6, 6.07) is 16.0. The number of anilines is 2. The zero-order chi connectivity index (χ0) is 26.7. The van der Waals surface area contributed by atoms with E-state index in [0.717, 1.165) is 46.3 Å². The van der Waals surface area contributed by atoms with Crippen LogP contribution in [0.5, 0.6) is 0 Å². The number of hydrogen-bond donors (Lipinski definition) is 0. The molecule has 1 atom stereocenters. The molecule has 0 aliphatic carbocycles. The molecule has 0 aliphatic heterocycles. The van der Waals surface area contributed by atoms with Gasteiger partial charge < -0.3 is 9.80 Å². The van der Waals surface area contributed by atoms with E-state index in [1.54, 1.807) is 0 Å². The lowest BCUT2D eigenvalue weighted by Gasteiger charge is -2.38. The lowest BCUT2D eigenvalue weighted by molar-refractivity contribution is 0.234. The third kappa shape index (κ3) is 6.61. The van der Waals surface area contributed by atoms with Crippen LogP contribution >= 0.6 is 35.1 Å². The van der Waals surface area contributed by atoms with E-state index in [2.05, 4.69) is 84.2 Å². The molecule has 2 heterocycles. The Morgan fingerprint density at radius 1 is 0.811 bits per heavy atom. The molecule has 0 spiro atoms. The highest BCUT2D eigenvalue weighted by Crippen LogP contribution is 2.33. The van der Waals surface area contributed by atoms with E-state index in [9.17, 15) is 0 Å². The van der Waals surface area contributed by atoms with Crippen molar-refractivity contribution in [1.29, 1.82) is 0 Å². The molecular formula is C29H35Cl2N5S. The van der Waals surface area contributed by atoms with E-state index in [0.29, 0.717) is 16.0 Å². The van der Waals surface area contributed by atoms with Gasteiger partial charge in [0.1, 0.15) is 0 Å². The molecule has 8 heteroatoms. The van der Waals surface area contributed by atoms with Gasteiger partial charge in [-0.1, -0.05) is 42.1 Å². The van der Waals surface area contributed by atoms with E-state index >= 15 is 0 Å². The number of hydrogen-bond acceptors (Lipinski definition) is 6. The molecule has 2 aromatic carbocycles.